The van der Waals surface area contributed by atoms with Gasteiger partial charge in [-0.15, -0.1) is 9.66 Å². The molecule has 0 atom stereocenters. The number of rotatable bonds is 6. The molecular weight excluding hydrogens is 570 g/mol. The van der Waals surface area contributed by atoms with E-state index in [0.717, 1.165) is 23.9 Å². The van der Waals surface area contributed by atoms with Crippen LogP contribution in [0.3, 0.4) is 0 Å². The summed E-state index contributed by atoms with van der Waals surface area (Å²) < 4.78 is 8.06. The third kappa shape index (κ3) is 8.02. The molecule has 3 heterocycles. The summed E-state index contributed by atoms with van der Waals surface area (Å²) in [5, 5.41) is 13.2. The number of hydrogen-bond donors (Lipinski definition) is 0. The van der Waals surface area contributed by atoms with Crippen molar-refractivity contribution >= 4 is 51.2 Å². The Labute approximate surface area is 215 Å². The Morgan fingerprint density at radius 3 is 1.35 bits per heavy atom. The van der Waals surface area contributed by atoms with Crippen molar-refractivity contribution in [1.29, 1.82) is 0 Å². The van der Waals surface area contributed by atoms with E-state index in [0.29, 0.717) is 0 Å². The Kier molecular flexibility index (Phi) is 10.7. The molecule has 0 aliphatic heterocycles. The summed E-state index contributed by atoms with van der Waals surface area (Å²) in [5.74, 6) is 0.0493. The van der Waals surface area contributed by atoms with Gasteiger partial charge in [-0.05, 0) is 12.1 Å². The van der Waals surface area contributed by atoms with Crippen molar-refractivity contribution in [2.24, 2.45) is 21.1 Å². The Morgan fingerprint density at radius 1 is 0.742 bits per heavy atom. The van der Waals surface area contributed by atoms with Gasteiger partial charge in [0.1, 0.15) is 15.5 Å². The first-order valence-electron chi connectivity index (χ1n) is 8.67. The summed E-state index contributed by atoms with van der Waals surface area (Å²) in [7, 11) is 5.97. The molecule has 0 saturated heterocycles. The van der Waals surface area contributed by atoms with Crippen LogP contribution in [0.2, 0.25) is 0 Å². The zero-order valence-corrected chi connectivity index (χ0v) is 24.2. The largest absolute Gasteiger partial charge is 2.00 e. The molecule has 4 aromatic rings. The molecule has 0 aliphatic carbocycles. The molecule has 0 aliphatic rings. The van der Waals surface area contributed by atoms with Gasteiger partial charge in [0, 0.05) is 62.8 Å². The number of hydrogen-bond acceptors (Lipinski definition) is 7. The fourth-order valence-electron chi connectivity index (χ4n) is 2.07. The molecule has 0 radical (unpaired) electrons. The predicted octanol–water partition coefficient (Wildman–Crippen LogP) is 4.53. The first-order chi connectivity index (χ1) is 14.4. The number of nitrogens with zero attached hydrogens (tertiary/aromatic N) is 6. The summed E-state index contributed by atoms with van der Waals surface area (Å²) in [6.45, 7) is 0. The Morgan fingerprint density at radius 2 is 1.10 bits per heavy atom. The van der Waals surface area contributed by atoms with Crippen LogP contribution in [0.1, 0.15) is 0 Å². The summed E-state index contributed by atoms with van der Waals surface area (Å²) in [4.78, 5) is 13.1. The van der Waals surface area contributed by atoms with Gasteiger partial charge in [-0.2, -0.15) is 0 Å². The summed E-state index contributed by atoms with van der Waals surface area (Å²) in [6, 6.07) is 6.48. The number of halogens is 1. The summed E-state index contributed by atoms with van der Waals surface area (Å²) in [5.41, 5.74) is 0. The van der Waals surface area contributed by atoms with Crippen LogP contribution in [0.25, 0.3) is 0 Å². The van der Waals surface area contributed by atoms with Crippen LogP contribution < -0.4 is 5.11 Å². The smallest absolute Gasteiger partial charge is 0.872 e. The number of thioether (sulfide) groups is 3. The number of benzene rings is 1. The zero-order valence-electron chi connectivity index (χ0n) is 17.2. The minimum Gasteiger partial charge on any atom is -0.872 e. The third-order valence-corrected chi connectivity index (χ3v) is 7.92. The SMILES string of the molecule is Cn1ccnc1S[C-](Sc1nccn1C)Sc1nccn1C.[O-]c1ccc(Br)cc1.[Zn+2]. The molecule has 0 spiro atoms. The second-order valence-electron chi connectivity index (χ2n) is 5.97. The van der Waals surface area contributed by atoms with E-state index >= 15 is 0 Å². The van der Waals surface area contributed by atoms with E-state index in [1.54, 1.807) is 66.0 Å². The maximum Gasteiger partial charge on any atom is 2.00 e. The predicted molar refractivity (Wildman–Crippen MR) is 124 cm³/mol. The van der Waals surface area contributed by atoms with E-state index < -0.39 is 0 Å². The maximum atomic E-state index is 10.4. The van der Waals surface area contributed by atoms with Gasteiger partial charge in [0.2, 0.25) is 0 Å². The van der Waals surface area contributed by atoms with Crippen LogP contribution in [0.5, 0.6) is 5.75 Å². The van der Waals surface area contributed by atoms with Crippen LogP contribution in [-0.4, -0.2) is 28.7 Å². The first kappa shape index (κ1) is 26.1. The van der Waals surface area contributed by atoms with Crippen LogP contribution >= 0.6 is 51.2 Å². The molecule has 158 valence electrons. The van der Waals surface area contributed by atoms with Crippen molar-refractivity contribution in [2.45, 2.75) is 15.5 Å². The molecule has 31 heavy (non-hydrogen) atoms. The summed E-state index contributed by atoms with van der Waals surface area (Å²) in [6.07, 6.45) is 11.2. The van der Waals surface area contributed by atoms with Crippen molar-refractivity contribution < 1.29 is 24.6 Å². The van der Waals surface area contributed by atoms with Crippen molar-refractivity contribution in [3.05, 3.63) is 69.8 Å². The molecule has 4 rings (SSSR count). The van der Waals surface area contributed by atoms with Crippen LogP contribution in [0.4, 0.5) is 0 Å². The van der Waals surface area contributed by atoms with Crippen LogP contribution in [0, 0.1) is 3.91 Å². The van der Waals surface area contributed by atoms with Crippen molar-refractivity contribution in [3.8, 4) is 5.75 Å². The number of imidazole rings is 3. The number of aromatic nitrogens is 6. The van der Waals surface area contributed by atoms with Crippen molar-refractivity contribution in [1.82, 2.24) is 28.7 Å². The van der Waals surface area contributed by atoms with Crippen molar-refractivity contribution in [3.63, 3.8) is 0 Å². The molecule has 1 aromatic carbocycles. The van der Waals surface area contributed by atoms with E-state index in [1.807, 2.05) is 53.4 Å². The fraction of sp³-hybridized carbons (Fsp3) is 0.158. The van der Waals surface area contributed by atoms with Crippen molar-refractivity contribution in [2.75, 3.05) is 0 Å². The minimum atomic E-state index is 0. The molecular formula is C19H19BrN6OS3Zn. The average molecular weight is 589 g/mol. The number of aryl methyl sites for hydroxylation is 3. The van der Waals surface area contributed by atoms with Gasteiger partial charge in [-0.1, -0.05) is 28.1 Å². The molecule has 0 amide bonds. The third-order valence-electron chi connectivity index (χ3n) is 3.67. The van der Waals surface area contributed by atoms with E-state index in [2.05, 4.69) is 30.9 Å². The molecule has 0 fully saturated rings. The van der Waals surface area contributed by atoms with Gasteiger partial charge in [-0.25, -0.2) is 15.0 Å². The fourth-order valence-corrected chi connectivity index (χ4v) is 5.58. The standard InChI is InChI=1S/C13H15N6S3.C6H5BrO.Zn/c1-17-7-4-14-10(17)20-13(21-11-15-5-8-18(11)2)22-12-16-6-9-19(12)3;7-5-1-3-6(8)4-2-5;/h4-9H,1-3H3;1-4,8H;/q-1;;+2/p-1. The van der Waals surface area contributed by atoms with Crippen LogP contribution in [-0.2, 0) is 40.6 Å². The van der Waals surface area contributed by atoms with Gasteiger partial charge in [0.15, 0.2) is 0 Å². The van der Waals surface area contributed by atoms with E-state index in [-0.39, 0.29) is 25.2 Å². The minimum absolute atomic E-state index is 0. The van der Waals surface area contributed by atoms with Gasteiger partial charge in [-0.3, -0.25) is 35.3 Å². The Hall–Kier alpha value is -1.20. The normalized spacial score (nSPS) is 10.5. The van der Waals surface area contributed by atoms with Gasteiger partial charge in [0.05, 0.1) is 0 Å². The van der Waals surface area contributed by atoms with E-state index in [4.69, 9.17) is 0 Å². The maximum absolute atomic E-state index is 10.4. The second-order valence-corrected chi connectivity index (χ2v) is 10.6. The second kappa shape index (κ2) is 12.7. The Balaban J connectivity index is 0.000000322. The quantitative estimate of drug-likeness (QED) is 0.186. The molecule has 0 saturated carbocycles. The van der Waals surface area contributed by atoms with E-state index in [9.17, 15) is 5.11 Å². The molecule has 3 aromatic heterocycles. The Bertz CT molecular complexity index is 947. The van der Waals surface area contributed by atoms with Gasteiger partial charge in [0.25, 0.3) is 0 Å². The average Bonchev–Trinajstić information content (AvgIpc) is 3.43. The molecule has 0 bridgehead atoms. The monoisotopic (exact) mass is 586 g/mol. The van der Waals surface area contributed by atoms with E-state index in [1.165, 1.54) is 12.1 Å². The zero-order chi connectivity index (χ0) is 21.5. The van der Waals surface area contributed by atoms with Gasteiger partial charge < -0.3 is 18.8 Å². The topological polar surface area (TPSA) is 76.5 Å². The molecule has 0 unspecified atom stereocenters. The first-order valence-corrected chi connectivity index (χ1v) is 11.9. The molecule has 12 heteroatoms. The van der Waals surface area contributed by atoms with Crippen LogP contribution in [0.15, 0.2) is 81.4 Å². The summed E-state index contributed by atoms with van der Waals surface area (Å²) >= 11 is 8.08. The molecule has 7 nitrogen and oxygen atoms in total. The van der Waals surface area contributed by atoms with Gasteiger partial charge >= 0.3 is 19.5 Å². The molecule has 0 N–H and O–H groups in total.